The molecule has 7 rings (SSSR count). The van der Waals surface area contributed by atoms with Crippen LogP contribution in [0.5, 0.6) is 0 Å². The average molecular weight is 625 g/mol. The minimum absolute atomic E-state index is 0.0646. The van der Waals surface area contributed by atoms with Gasteiger partial charge >= 0.3 is 23.9 Å². The predicted molar refractivity (Wildman–Crippen MR) is 168 cm³/mol. The van der Waals surface area contributed by atoms with Crippen molar-refractivity contribution < 1.29 is 38.1 Å². The normalized spacial score (nSPS) is 36.9. The molecule has 4 bridgehead atoms. The zero-order valence-corrected chi connectivity index (χ0v) is 27.6. The molecule has 1 heterocycles. The molecule has 0 N–H and O–H groups in total. The van der Waals surface area contributed by atoms with E-state index in [4.69, 9.17) is 18.9 Å². The quantitative estimate of drug-likeness (QED) is 0.173. The van der Waals surface area contributed by atoms with E-state index >= 15 is 0 Å². The van der Waals surface area contributed by atoms with E-state index in [-0.39, 0.29) is 59.6 Å². The van der Waals surface area contributed by atoms with Gasteiger partial charge in [0.2, 0.25) is 0 Å². The fourth-order valence-corrected chi connectivity index (χ4v) is 9.50. The van der Waals surface area contributed by atoms with E-state index in [1.807, 2.05) is 0 Å². The van der Waals surface area contributed by atoms with Crippen LogP contribution in [0.1, 0.15) is 105 Å². The average Bonchev–Trinajstić information content (AvgIpc) is 3.83. The van der Waals surface area contributed by atoms with Gasteiger partial charge in [-0.1, -0.05) is 33.1 Å². The minimum atomic E-state index is -0.378. The van der Waals surface area contributed by atoms with Gasteiger partial charge < -0.3 is 18.9 Å². The molecule has 10 atom stereocenters. The lowest BCUT2D eigenvalue weighted by Gasteiger charge is -2.31. The maximum atomic E-state index is 11.5. The molecule has 0 amide bonds. The third-order valence-corrected chi connectivity index (χ3v) is 11.8. The highest BCUT2D eigenvalue weighted by Gasteiger charge is 2.63. The van der Waals surface area contributed by atoms with Gasteiger partial charge in [-0.3, -0.25) is 4.79 Å². The topological polar surface area (TPSA) is 105 Å². The number of rotatable bonds is 7. The van der Waals surface area contributed by atoms with Crippen LogP contribution in [-0.2, 0) is 38.1 Å². The van der Waals surface area contributed by atoms with Crippen molar-refractivity contribution in [2.75, 3.05) is 0 Å². The Bertz CT molecular complexity index is 1230. The van der Waals surface area contributed by atoms with E-state index in [9.17, 15) is 19.2 Å². The second kappa shape index (κ2) is 13.4. The van der Waals surface area contributed by atoms with Gasteiger partial charge in [0.25, 0.3) is 0 Å². The molecular formula is C37H52O8. The summed E-state index contributed by atoms with van der Waals surface area (Å²) < 4.78 is 21.7. The predicted octanol–water partition coefficient (Wildman–Crippen LogP) is 6.81. The maximum Gasteiger partial charge on any atom is 0.333 e. The monoisotopic (exact) mass is 624 g/mol. The maximum absolute atomic E-state index is 11.5. The molecule has 7 aliphatic rings. The third-order valence-electron chi connectivity index (χ3n) is 11.8. The van der Waals surface area contributed by atoms with Crippen molar-refractivity contribution in [3.8, 4) is 0 Å². The van der Waals surface area contributed by atoms with Crippen LogP contribution in [0.3, 0.4) is 0 Å². The Kier molecular flexibility index (Phi) is 10.0. The van der Waals surface area contributed by atoms with Crippen LogP contribution in [0.25, 0.3) is 0 Å². The zero-order chi connectivity index (χ0) is 32.6. The lowest BCUT2D eigenvalue weighted by atomic mass is 9.80. The van der Waals surface area contributed by atoms with Gasteiger partial charge in [-0.2, -0.15) is 0 Å². The molecule has 7 fully saturated rings. The molecule has 6 aliphatic carbocycles. The van der Waals surface area contributed by atoms with Gasteiger partial charge in [0, 0.05) is 28.6 Å². The second-order valence-corrected chi connectivity index (χ2v) is 14.8. The van der Waals surface area contributed by atoms with Crippen molar-refractivity contribution in [1.29, 1.82) is 0 Å². The molecule has 0 spiro atoms. The summed E-state index contributed by atoms with van der Waals surface area (Å²) in [6, 6.07) is 0. The van der Waals surface area contributed by atoms with Gasteiger partial charge in [0.15, 0.2) is 0 Å². The van der Waals surface area contributed by atoms with E-state index in [1.165, 1.54) is 38.5 Å². The van der Waals surface area contributed by atoms with E-state index < -0.39 is 0 Å². The summed E-state index contributed by atoms with van der Waals surface area (Å²) in [5.41, 5.74) is 1.25. The summed E-state index contributed by atoms with van der Waals surface area (Å²) >= 11 is 0. The molecular weight excluding hydrogens is 572 g/mol. The summed E-state index contributed by atoms with van der Waals surface area (Å²) in [5, 5.41) is 0. The highest BCUT2D eigenvalue weighted by atomic mass is 16.6. The van der Waals surface area contributed by atoms with Crippen LogP contribution in [-0.4, -0.2) is 47.8 Å². The first-order chi connectivity index (χ1) is 21.3. The van der Waals surface area contributed by atoms with Gasteiger partial charge in [-0.25, -0.2) is 14.4 Å². The molecule has 45 heavy (non-hydrogen) atoms. The summed E-state index contributed by atoms with van der Waals surface area (Å²) in [5.74, 6) is 3.08. The van der Waals surface area contributed by atoms with Gasteiger partial charge in [-0.15, -0.1) is 0 Å². The number of esters is 4. The second-order valence-electron chi connectivity index (χ2n) is 14.8. The van der Waals surface area contributed by atoms with Gasteiger partial charge in [0.1, 0.15) is 23.9 Å². The first-order valence-corrected chi connectivity index (χ1v) is 17.2. The fraction of sp³-hybridized carbons (Fsp3) is 0.730. The molecule has 6 saturated carbocycles. The molecule has 0 radical (unpaired) electrons. The van der Waals surface area contributed by atoms with Crippen LogP contribution in [0.15, 0.2) is 36.5 Å². The first-order valence-electron chi connectivity index (χ1n) is 17.2. The SMILES string of the molecule is C=C(C)C(=O)OC1(CC)CCCC1.C=C(C)C(=O)OC1C2CC3C(=O)OC1C3C2.C=C(C)C(=O)OC1CC2CC1C1CCCC21. The Morgan fingerprint density at radius 3 is 1.98 bits per heavy atom. The van der Waals surface area contributed by atoms with Crippen LogP contribution in [0.2, 0.25) is 0 Å². The standard InChI is InChI=1S/C14H20O2.C12H14O4.C11H18O2/c1-8(2)14(15)16-13-7-9-6-12(13)11-5-3-4-10(9)11;1-5(2)11(13)15-9-6-3-7-8(4-6)12(14)16-10(7)9;1-4-11(7-5-6-8-11)13-10(12)9(2)3/h9-13H,1,3-7H2,2H3;6-10H,1,3-4H2,2H3;2,4-8H2,1,3H3. The van der Waals surface area contributed by atoms with Gasteiger partial charge in [0.05, 0.1) is 5.92 Å². The summed E-state index contributed by atoms with van der Waals surface area (Å²) in [6.45, 7) is 17.9. The number of fused-ring (bicyclic) bond motifs is 6. The van der Waals surface area contributed by atoms with Crippen molar-refractivity contribution in [2.24, 2.45) is 41.4 Å². The van der Waals surface area contributed by atoms with Crippen LogP contribution >= 0.6 is 0 Å². The van der Waals surface area contributed by atoms with Crippen LogP contribution in [0.4, 0.5) is 0 Å². The number of hydrogen-bond donors (Lipinski definition) is 0. The van der Waals surface area contributed by atoms with E-state index in [1.54, 1.807) is 20.8 Å². The van der Waals surface area contributed by atoms with Crippen LogP contribution < -0.4 is 0 Å². The van der Waals surface area contributed by atoms with E-state index in [0.29, 0.717) is 28.6 Å². The smallest absolute Gasteiger partial charge is 0.333 e. The molecule has 8 nitrogen and oxygen atoms in total. The Hall–Kier alpha value is -2.90. The molecule has 0 aromatic carbocycles. The Labute approximate surface area is 268 Å². The fourth-order valence-electron chi connectivity index (χ4n) is 9.50. The van der Waals surface area contributed by atoms with E-state index in [2.05, 4.69) is 26.7 Å². The number of carbonyl (C=O) groups excluding carboxylic acids is 4. The summed E-state index contributed by atoms with van der Waals surface area (Å²) in [4.78, 5) is 45.8. The molecule has 248 valence electrons. The minimum Gasteiger partial charge on any atom is -0.459 e. The Morgan fingerprint density at radius 2 is 1.36 bits per heavy atom. The van der Waals surface area contributed by atoms with Crippen molar-refractivity contribution in [1.82, 2.24) is 0 Å². The van der Waals surface area contributed by atoms with Crippen molar-refractivity contribution in [3.63, 3.8) is 0 Å². The molecule has 1 aliphatic heterocycles. The summed E-state index contributed by atoms with van der Waals surface area (Å²) in [6.07, 6.45) is 13.5. The molecule has 10 unspecified atom stereocenters. The highest BCUT2D eigenvalue weighted by Crippen LogP contribution is 2.59. The number of carbonyl (C=O) groups is 4. The van der Waals surface area contributed by atoms with Crippen molar-refractivity contribution in [2.45, 2.75) is 129 Å². The lowest BCUT2D eigenvalue weighted by molar-refractivity contribution is -0.158. The Morgan fingerprint density at radius 1 is 0.756 bits per heavy atom. The molecule has 0 aromatic heterocycles. The highest BCUT2D eigenvalue weighted by molar-refractivity contribution is 5.88. The number of hydrogen-bond acceptors (Lipinski definition) is 8. The van der Waals surface area contributed by atoms with Gasteiger partial charge in [-0.05, 0) is 115 Å². The van der Waals surface area contributed by atoms with E-state index in [0.717, 1.165) is 56.3 Å². The first kappa shape index (κ1) is 33.5. The largest absolute Gasteiger partial charge is 0.459 e. The molecule has 1 saturated heterocycles. The molecule has 0 aromatic rings. The van der Waals surface area contributed by atoms with Crippen LogP contribution in [0, 0.1) is 41.4 Å². The van der Waals surface area contributed by atoms with Crippen molar-refractivity contribution in [3.05, 3.63) is 36.5 Å². The summed E-state index contributed by atoms with van der Waals surface area (Å²) in [7, 11) is 0. The lowest BCUT2D eigenvalue weighted by Crippen LogP contribution is -2.36. The van der Waals surface area contributed by atoms with Crippen molar-refractivity contribution >= 4 is 23.9 Å². The Balaban J connectivity index is 0.000000135. The number of ether oxygens (including phenoxy) is 4. The zero-order valence-electron chi connectivity index (χ0n) is 27.6. The molecule has 8 heteroatoms. The third kappa shape index (κ3) is 6.80.